The molecule has 2 aromatic carbocycles. The third kappa shape index (κ3) is 4.60. The first-order valence-electron chi connectivity index (χ1n) is 5.99. The molecule has 2 rings (SSSR count). The molecule has 0 heterocycles. The first-order valence-corrected chi connectivity index (χ1v) is 6.37. The molecule has 0 spiro atoms. The van der Waals surface area contributed by atoms with Gasteiger partial charge in [0.15, 0.2) is 0 Å². The number of carbonyl (C=O) groups excluding carboxylic acids is 1. The lowest BCUT2D eigenvalue weighted by Gasteiger charge is -2.02. The smallest absolute Gasteiger partial charge is 0.244 e. The largest absolute Gasteiger partial charge is 0.348 e. The maximum absolute atomic E-state index is 11.6. The number of halogens is 1. The fraction of sp³-hybridized carbons (Fsp3) is 0.0625. The van der Waals surface area contributed by atoms with Crippen LogP contribution in [0.15, 0.2) is 60.7 Å². The lowest BCUT2D eigenvalue weighted by Crippen LogP contribution is -2.20. The summed E-state index contributed by atoms with van der Waals surface area (Å²) in [6.07, 6.45) is 3.32. The van der Waals surface area contributed by atoms with Crippen LogP contribution in [0.4, 0.5) is 0 Å². The number of carbonyl (C=O) groups is 1. The van der Waals surface area contributed by atoms with Gasteiger partial charge in [0.1, 0.15) is 0 Å². The van der Waals surface area contributed by atoms with Crippen molar-refractivity contribution in [2.75, 3.05) is 0 Å². The highest BCUT2D eigenvalue weighted by atomic mass is 35.5. The monoisotopic (exact) mass is 271 g/mol. The van der Waals surface area contributed by atoms with Crippen molar-refractivity contribution in [1.82, 2.24) is 5.32 Å². The molecule has 19 heavy (non-hydrogen) atoms. The highest BCUT2D eigenvalue weighted by Gasteiger charge is 1.97. The zero-order valence-electron chi connectivity index (χ0n) is 10.3. The summed E-state index contributed by atoms with van der Waals surface area (Å²) < 4.78 is 0. The summed E-state index contributed by atoms with van der Waals surface area (Å²) in [5, 5.41) is 3.51. The topological polar surface area (TPSA) is 29.1 Å². The summed E-state index contributed by atoms with van der Waals surface area (Å²) in [6, 6.07) is 17.1. The van der Waals surface area contributed by atoms with E-state index < -0.39 is 0 Å². The minimum Gasteiger partial charge on any atom is -0.348 e. The average Bonchev–Trinajstić information content (AvgIpc) is 2.45. The molecule has 2 nitrogen and oxygen atoms in total. The Morgan fingerprint density at radius 2 is 1.74 bits per heavy atom. The minimum absolute atomic E-state index is 0.112. The van der Waals surface area contributed by atoms with Crippen LogP contribution in [0, 0.1) is 0 Å². The number of hydrogen-bond acceptors (Lipinski definition) is 1. The van der Waals surface area contributed by atoms with Crippen LogP contribution in [0.25, 0.3) is 6.08 Å². The van der Waals surface area contributed by atoms with Gasteiger partial charge in [0, 0.05) is 17.6 Å². The molecule has 0 aliphatic carbocycles. The Bertz CT molecular complexity index is 561. The molecule has 0 bridgehead atoms. The Morgan fingerprint density at radius 1 is 1.05 bits per heavy atom. The van der Waals surface area contributed by atoms with Gasteiger partial charge in [-0.25, -0.2) is 0 Å². The van der Waals surface area contributed by atoms with Crippen molar-refractivity contribution in [2.24, 2.45) is 0 Å². The predicted molar refractivity (Wildman–Crippen MR) is 78.8 cm³/mol. The second-order valence-electron chi connectivity index (χ2n) is 4.09. The molecule has 1 N–H and O–H groups in total. The van der Waals surface area contributed by atoms with Crippen molar-refractivity contribution in [3.8, 4) is 0 Å². The van der Waals surface area contributed by atoms with E-state index in [0.717, 1.165) is 11.1 Å². The number of amides is 1. The lowest BCUT2D eigenvalue weighted by molar-refractivity contribution is -0.116. The summed E-state index contributed by atoms with van der Waals surface area (Å²) in [7, 11) is 0. The number of hydrogen-bond donors (Lipinski definition) is 1. The molecular formula is C16H14ClNO. The van der Waals surface area contributed by atoms with Crippen LogP contribution in [0.2, 0.25) is 5.02 Å². The Hall–Kier alpha value is -2.06. The average molecular weight is 272 g/mol. The summed E-state index contributed by atoms with van der Waals surface area (Å²) in [4.78, 5) is 11.6. The van der Waals surface area contributed by atoms with Crippen LogP contribution in [0.5, 0.6) is 0 Å². The number of nitrogens with one attached hydrogen (secondary N) is 1. The third-order valence-corrected chi connectivity index (χ3v) is 2.86. The maximum Gasteiger partial charge on any atom is 0.244 e. The predicted octanol–water partition coefficient (Wildman–Crippen LogP) is 3.67. The molecule has 0 aliphatic heterocycles. The highest BCUT2D eigenvalue weighted by Crippen LogP contribution is 2.09. The zero-order chi connectivity index (χ0) is 13.5. The van der Waals surface area contributed by atoms with E-state index in [4.69, 9.17) is 11.6 Å². The molecular weight excluding hydrogens is 258 g/mol. The van der Waals surface area contributed by atoms with Crippen molar-refractivity contribution in [3.05, 3.63) is 76.8 Å². The van der Waals surface area contributed by atoms with Crippen LogP contribution in [-0.4, -0.2) is 5.91 Å². The van der Waals surface area contributed by atoms with E-state index in [1.807, 2.05) is 54.6 Å². The Labute approximate surface area is 117 Å². The molecule has 0 saturated heterocycles. The minimum atomic E-state index is -0.112. The Kier molecular flexibility index (Phi) is 4.76. The van der Waals surface area contributed by atoms with Crippen molar-refractivity contribution >= 4 is 23.6 Å². The van der Waals surface area contributed by atoms with Gasteiger partial charge >= 0.3 is 0 Å². The first kappa shape index (κ1) is 13.4. The highest BCUT2D eigenvalue weighted by molar-refractivity contribution is 6.30. The van der Waals surface area contributed by atoms with Gasteiger partial charge in [0.05, 0.1) is 0 Å². The SMILES string of the molecule is O=C(/C=C\c1ccccc1)NCc1ccc(Cl)cc1. The molecule has 0 fully saturated rings. The van der Waals surface area contributed by atoms with E-state index >= 15 is 0 Å². The maximum atomic E-state index is 11.6. The molecule has 2 aromatic rings. The van der Waals surface area contributed by atoms with Gasteiger partial charge < -0.3 is 5.32 Å². The molecule has 0 saturated carbocycles. The molecule has 0 aliphatic rings. The van der Waals surface area contributed by atoms with Gasteiger partial charge in [0.25, 0.3) is 0 Å². The summed E-state index contributed by atoms with van der Waals surface area (Å²) in [6.45, 7) is 0.495. The van der Waals surface area contributed by atoms with Gasteiger partial charge in [-0.3, -0.25) is 4.79 Å². The van der Waals surface area contributed by atoms with E-state index in [0.29, 0.717) is 11.6 Å². The summed E-state index contributed by atoms with van der Waals surface area (Å²) in [5.41, 5.74) is 2.02. The van der Waals surface area contributed by atoms with Crippen molar-refractivity contribution in [3.63, 3.8) is 0 Å². The van der Waals surface area contributed by atoms with Gasteiger partial charge in [-0.05, 0) is 29.3 Å². The molecule has 0 unspecified atom stereocenters. The molecule has 0 radical (unpaired) electrons. The van der Waals surface area contributed by atoms with E-state index in [2.05, 4.69) is 5.32 Å². The lowest BCUT2D eigenvalue weighted by atomic mass is 10.2. The van der Waals surface area contributed by atoms with Crippen LogP contribution in [-0.2, 0) is 11.3 Å². The van der Waals surface area contributed by atoms with Crippen LogP contribution in [0.3, 0.4) is 0 Å². The Morgan fingerprint density at radius 3 is 2.42 bits per heavy atom. The van der Waals surface area contributed by atoms with E-state index in [-0.39, 0.29) is 5.91 Å². The van der Waals surface area contributed by atoms with Gasteiger partial charge in [-0.15, -0.1) is 0 Å². The standard InChI is InChI=1S/C16H14ClNO/c17-15-9-6-14(7-10-15)12-18-16(19)11-8-13-4-2-1-3-5-13/h1-11H,12H2,(H,18,19)/b11-8-. The third-order valence-electron chi connectivity index (χ3n) is 2.61. The summed E-state index contributed by atoms with van der Waals surface area (Å²) in [5.74, 6) is -0.112. The summed E-state index contributed by atoms with van der Waals surface area (Å²) >= 11 is 5.79. The van der Waals surface area contributed by atoms with Crippen molar-refractivity contribution in [1.29, 1.82) is 0 Å². The first-order chi connectivity index (χ1) is 9.24. The van der Waals surface area contributed by atoms with Crippen LogP contribution in [0.1, 0.15) is 11.1 Å². The van der Waals surface area contributed by atoms with E-state index in [1.165, 1.54) is 6.08 Å². The van der Waals surface area contributed by atoms with Crippen molar-refractivity contribution < 1.29 is 4.79 Å². The van der Waals surface area contributed by atoms with Crippen molar-refractivity contribution in [2.45, 2.75) is 6.54 Å². The molecule has 3 heteroatoms. The molecule has 1 amide bonds. The van der Waals surface area contributed by atoms with Crippen LogP contribution < -0.4 is 5.32 Å². The van der Waals surface area contributed by atoms with Gasteiger partial charge in [0.2, 0.25) is 5.91 Å². The fourth-order valence-corrected chi connectivity index (χ4v) is 1.71. The van der Waals surface area contributed by atoms with E-state index in [9.17, 15) is 4.79 Å². The normalized spacial score (nSPS) is 10.6. The van der Waals surface area contributed by atoms with Gasteiger partial charge in [-0.2, -0.15) is 0 Å². The second-order valence-corrected chi connectivity index (χ2v) is 4.52. The quantitative estimate of drug-likeness (QED) is 0.845. The molecule has 0 aromatic heterocycles. The number of rotatable bonds is 4. The van der Waals surface area contributed by atoms with E-state index in [1.54, 1.807) is 6.08 Å². The molecule has 96 valence electrons. The fourth-order valence-electron chi connectivity index (χ4n) is 1.59. The second kappa shape index (κ2) is 6.76. The number of benzene rings is 2. The van der Waals surface area contributed by atoms with Gasteiger partial charge in [-0.1, -0.05) is 54.1 Å². The van der Waals surface area contributed by atoms with Crippen LogP contribution >= 0.6 is 11.6 Å². The zero-order valence-corrected chi connectivity index (χ0v) is 11.1. The molecule has 0 atom stereocenters. The Balaban J connectivity index is 1.85.